The number of benzene rings is 1. The van der Waals surface area contributed by atoms with E-state index in [2.05, 4.69) is 15.5 Å². The van der Waals surface area contributed by atoms with Crippen LogP contribution in [0.1, 0.15) is 25.3 Å². The van der Waals surface area contributed by atoms with E-state index in [9.17, 15) is 14.4 Å². The number of carbonyl (C=O) groups is 3. The first-order valence-electron chi connectivity index (χ1n) is 10.3. The van der Waals surface area contributed by atoms with Crippen LogP contribution < -0.4 is 10.6 Å². The molecule has 8 heteroatoms. The highest BCUT2D eigenvalue weighted by Gasteiger charge is 2.20. The van der Waals surface area contributed by atoms with Crippen LogP contribution in [0.3, 0.4) is 0 Å². The summed E-state index contributed by atoms with van der Waals surface area (Å²) in [7, 11) is 1.74. The second-order valence-corrected chi connectivity index (χ2v) is 7.29. The maximum absolute atomic E-state index is 12.5. The summed E-state index contributed by atoms with van der Waals surface area (Å²) in [5.41, 5.74) is 1.06. The van der Waals surface area contributed by atoms with Crippen LogP contribution in [0.25, 0.3) is 0 Å². The summed E-state index contributed by atoms with van der Waals surface area (Å²) >= 11 is 0. The standard InChI is InChI=1S/C21H33N5O3/c1-3-22-19(27)17-25-12-7-13-26(15-14-25)20(28)10-11-23-21(29)24(2)16-18-8-5-4-6-9-18/h4-6,8-9H,3,7,10-17H2,1-2H3,(H,22,27)(H,23,29). The van der Waals surface area contributed by atoms with Crippen molar-refractivity contribution < 1.29 is 14.4 Å². The van der Waals surface area contributed by atoms with E-state index in [0.717, 1.165) is 18.5 Å². The molecule has 1 heterocycles. The Kier molecular flexibility index (Phi) is 9.43. The molecule has 160 valence electrons. The molecule has 1 aromatic carbocycles. The average molecular weight is 404 g/mol. The maximum atomic E-state index is 12.5. The van der Waals surface area contributed by atoms with E-state index >= 15 is 0 Å². The Morgan fingerprint density at radius 2 is 1.79 bits per heavy atom. The third-order valence-electron chi connectivity index (χ3n) is 4.91. The molecule has 1 aliphatic heterocycles. The highest BCUT2D eigenvalue weighted by Crippen LogP contribution is 2.05. The van der Waals surface area contributed by atoms with Crippen LogP contribution in [-0.4, -0.2) is 85.4 Å². The van der Waals surface area contributed by atoms with Gasteiger partial charge in [0.25, 0.3) is 0 Å². The first kappa shape index (κ1) is 22.7. The lowest BCUT2D eigenvalue weighted by molar-refractivity contribution is -0.130. The average Bonchev–Trinajstić information content (AvgIpc) is 2.94. The lowest BCUT2D eigenvalue weighted by Crippen LogP contribution is -2.41. The Bertz CT molecular complexity index is 668. The van der Waals surface area contributed by atoms with Gasteiger partial charge in [-0.25, -0.2) is 4.79 Å². The van der Waals surface area contributed by atoms with Crippen molar-refractivity contribution in [3.05, 3.63) is 35.9 Å². The zero-order valence-electron chi connectivity index (χ0n) is 17.5. The van der Waals surface area contributed by atoms with E-state index in [1.165, 1.54) is 0 Å². The number of carbonyl (C=O) groups excluding carboxylic acids is 3. The molecule has 4 amide bonds. The highest BCUT2D eigenvalue weighted by molar-refractivity contribution is 5.79. The van der Waals surface area contributed by atoms with Crippen molar-refractivity contribution in [2.24, 2.45) is 0 Å². The molecule has 0 aliphatic carbocycles. The molecule has 1 fully saturated rings. The van der Waals surface area contributed by atoms with Gasteiger partial charge >= 0.3 is 6.03 Å². The minimum Gasteiger partial charge on any atom is -0.355 e. The van der Waals surface area contributed by atoms with Crippen molar-refractivity contribution >= 4 is 17.8 Å². The molecule has 8 nitrogen and oxygen atoms in total. The highest BCUT2D eigenvalue weighted by atomic mass is 16.2. The SMILES string of the molecule is CCNC(=O)CN1CCCN(C(=O)CCNC(=O)N(C)Cc2ccccc2)CC1. The molecule has 0 bridgehead atoms. The molecule has 0 spiro atoms. The summed E-state index contributed by atoms with van der Waals surface area (Å²) in [5.74, 6) is 0.0606. The lowest BCUT2D eigenvalue weighted by atomic mass is 10.2. The largest absolute Gasteiger partial charge is 0.355 e. The van der Waals surface area contributed by atoms with Gasteiger partial charge in [0.1, 0.15) is 0 Å². The van der Waals surface area contributed by atoms with Crippen LogP contribution in [0.2, 0.25) is 0 Å². The topological polar surface area (TPSA) is 85.0 Å². The quantitative estimate of drug-likeness (QED) is 0.675. The summed E-state index contributed by atoms with van der Waals surface area (Å²) in [6.07, 6.45) is 1.12. The second-order valence-electron chi connectivity index (χ2n) is 7.29. The summed E-state index contributed by atoms with van der Waals surface area (Å²) < 4.78 is 0. The van der Waals surface area contributed by atoms with Crippen molar-refractivity contribution in [2.45, 2.75) is 26.3 Å². The number of hydrogen-bond acceptors (Lipinski definition) is 4. The van der Waals surface area contributed by atoms with Gasteiger partial charge in [0.15, 0.2) is 0 Å². The molecule has 1 aromatic rings. The predicted molar refractivity (Wildman–Crippen MR) is 112 cm³/mol. The summed E-state index contributed by atoms with van der Waals surface area (Å²) in [5, 5.41) is 5.62. The molecule has 0 unspecified atom stereocenters. The van der Waals surface area contributed by atoms with Crippen LogP contribution in [0.4, 0.5) is 4.79 Å². The predicted octanol–water partition coefficient (Wildman–Crippen LogP) is 0.889. The van der Waals surface area contributed by atoms with E-state index in [-0.39, 0.29) is 24.3 Å². The molecule has 1 saturated heterocycles. The molecular weight excluding hydrogens is 370 g/mol. The number of likely N-dealkylation sites (N-methyl/N-ethyl adjacent to an activating group) is 1. The van der Waals surface area contributed by atoms with Crippen LogP contribution in [0.15, 0.2) is 30.3 Å². The minimum atomic E-state index is -0.189. The van der Waals surface area contributed by atoms with E-state index in [0.29, 0.717) is 45.8 Å². The van der Waals surface area contributed by atoms with Gasteiger partial charge in [-0.1, -0.05) is 30.3 Å². The molecule has 0 aromatic heterocycles. The van der Waals surface area contributed by atoms with E-state index in [1.807, 2.05) is 42.2 Å². The number of rotatable bonds is 8. The zero-order chi connectivity index (χ0) is 21.1. The Hall–Kier alpha value is -2.61. The number of urea groups is 1. The van der Waals surface area contributed by atoms with Crippen molar-refractivity contribution in [3.8, 4) is 0 Å². The Labute approximate surface area is 173 Å². The molecule has 2 rings (SSSR count). The molecule has 1 aliphatic rings. The molecule has 0 saturated carbocycles. The van der Waals surface area contributed by atoms with Crippen molar-refractivity contribution in [3.63, 3.8) is 0 Å². The Balaban J connectivity index is 1.68. The van der Waals surface area contributed by atoms with E-state index in [4.69, 9.17) is 0 Å². The number of amides is 4. The number of hydrogen-bond donors (Lipinski definition) is 2. The molecular formula is C21H33N5O3. The van der Waals surface area contributed by atoms with Crippen LogP contribution in [0.5, 0.6) is 0 Å². The van der Waals surface area contributed by atoms with Gasteiger partial charge < -0.3 is 20.4 Å². The molecule has 2 N–H and O–H groups in total. The Morgan fingerprint density at radius 1 is 1.03 bits per heavy atom. The fourth-order valence-electron chi connectivity index (χ4n) is 3.33. The normalized spacial score (nSPS) is 14.8. The second kappa shape index (κ2) is 12.1. The zero-order valence-corrected chi connectivity index (χ0v) is 17.5. The van der Waals surface area contributed by atoms with Gasteiger partial charge in [-0.2, -0.15) is 0 Å². The van der Waals surface area contributed by atoms with Crippen molar-refractivity contribution in [2.75, 3.05) is 52.9 Å². The van der Waals surface area contributed by atoms with Crippen molar-refractivity contribution in [1.82, 2.24) is 25.3 Å². The fraction of sp³-hybridized carbons (Fsp3) is 0.571. The smallest absolute Gasteiger partial charge is 0.317 e. The monoisotopic (exact) mass is 403 g/mol. The van der Waals surface area contributed by atoms with E-state index < -0.39 is 0 Å². The van der Waals surface area contributed by atoms with Crippen molar-refractivity contribution in [1.29, 1.82) is 0 Å². The van der Waals surface area contributed by atoms with Gasteiger partial charge in [-0.15, -0.1) is 0 Å². The maximum Gasteiger partial charge on any atom is 0.317 e. The minimum absolute atomic E-state index is 0.0228. The Morgan fingerprint density at radius 3 is 2.52 bits per heavy atom. The molecule has 29 heavy (non-hydrogen) atoms. The third kappa shape index (κ3) is 8.11. The molecule has 0 atom stereocenters. The first-order valence-corrected chi connectivity index (χ1v) is 10.3. The first-order chi connectivity index (χ1) is 14.0. The van der Waals surface area contributed by atoms with Gasteiger partial charge in [0.05, 0.1) is 6.54 Å². The number of nitrogens with one attached hydrogen (secondary N) is 2. The summed E-state index contributed by atoms with van der Waals surface area (Å²) in [6.45, 7) is 6.54. The van der Waals surface area contributed by atoms with Gasteiger partial charge in [0.2, 0.25) is 11.8 Å². The van der Waals surface area contributed by atoms with Crippen LogP contribution in [-0.2, 0) is 16.1 Å². The van der Waals surface area contributed by atoms with Gasteiger partial charge in [-0.05, 0) is 18.9 Å². The summed E-state index contributed by atoms with van der Waals surface area (Å²) in [4.78, 5) is 41.9. The third-order valence-corrected chi connectivity index (χ3v) is 4.91. The van der Waals surface area contributed by atoms with Crippen LogP contribution >= 0.6 is 0 Å². The fourth-order valence-corrected chi connectivity index (χ4v) is 3.33. The molecule has 0 radical (unpaired) electrons. The lowest BCUT2D eigenvalue weighted by Gasteiger charge is -2.22. The van der Waals surface area contributed by atoms with Crippen LogP contribution in [0, 0.1) is 0 Å². The van der Waals surface area contributed by atoms with Gasteiger partial charge in [0, 0.05) is 59.3 Å². The van der Waals surface area contributed by atoms with E-state index in [1.54, 1.807) is 11.9 Å². The number of nitrogens with zero attached hydrogens (tertiary/aromatic N) is 3. The van der Waals surface area contributed by atoms with Gasteiger partial charge in [-0.3, -0.25) is 14.5 Å². The summed E-state index contributed by atoms with van der Waals surface area (Å²) in [6, 6.07) is 9.59.